The summed E-state index contributed by atoms with van der Waals surface area (Å²) in [5.74, 6) is 0.409. The number of methoxy groups -OCH3 is 3. The van der Waals surface area contributed by atoms with Crippen molar-refractivity contribution in [2.75, 3.05) is 75.3 Å². The Bertz CT molecular complexity index is 6050. The van der Waals surface area contributed by atoms with Crippen LogP contribution in [0, 0.1) is 25.7 Å². The molecule has 0 spiro atoms. The van der Waals surface area contributed by atoms with E-state index in [0.717, 1.165) is 120 Å². The predicted octanol–water partition coefficient (Wildman–Crippen LogP) is 23.1. The van der Waals surface area contributed by atoms with Gasteiger partial charge in [0, 0.05) is 72.6 Å². The third kappa shape index (κ3) is 21.0. The van der Waals surface area contributed by atoms with E-state index in [1.54, 1.807) is 36.3 Å². The Morgan fingerprint density at radius 3 is 1.04 bits per heavy atom. The highest BCUT2D eigenvalue weighted by Gasteiger charge is 2.48. The highest BCUT2D eigenvalue weighted by Crippen LogP contribution is 2.51. The van der Waals surface area contributed by atoms with Crippen LogP contribution in [0.1, 0.15) is 197 Å². The number of carboxylic acid groups (broad SMARTS) is 3. The summed E-state index contributed by atoms with van der Waals surface area (Å²) in [5, 5.41) is 28.5. The second-order valence-corrected chi connectivity index (χ2v) is 36.4. The molecule has 0 radical (unpaired) electrons. The number of rotatable bonds is 24. The number of hydrogen-bond acceptors (Lipinski definition) is 18. The molecule has 8 fully saturated rings. The lowest BCUT2D eigenvalue weighted by Crippen LogP contribution is -2.38. The quantitative estimate of drug-likeness (QED) is 0.0374. The Balaban J connectivity index is 0.000000151. The van der Waals surface area contributed by atoms with E-state index in [0.29, 0.717) is 125 Å². The van der Waals surface area contributed by atoms with E-state index in [9.17, 15) is 96.8 Å². The number of aryl methyl sites for hydroxylation is 2. The van der Waals surface area contributed by atoms with Gasteiger partial charge in [0.2, 0.25) is 0 Å². The van der Waals surface area contributed by atoms with E-state index in [2.05, 4.69) is 17.0 Å². The monoisotopic (exact) mass is 1930 g/mol. The Kier molecular flexibility index (Phi) is 28.0. The van der Waals surface area contributed by atoms with Crippen LogP contribution in [0.25, 0.3) is 44.5 Å². The molecule has 36 heteroatoms. The number of ether oxygens (including phenoxy) is 6. The topological polar surface area (TPSA) is 277 Å². The van der Waals surface area contributed by atoms with Crippen LogP contribution in [0.2, 0.25) is 0 Å². The van der Waals surface area contributed by atoms with Crippen LogP contribution < -0.4 is 28.9 Å². The zero-order valence-corrected chi connectivity index (χ0v) is 77.0. The van der Waals surface area contributed by atoms with Gasteiger partial charge in [0.05, 0.1) is 116 Å². The first-order valence-corrected chi connectivity index (χ1v) is 45.7. The number of aromatic carboxylic acids is 1. The van der Waals surface area contributed by atoms with Crippen molar-refractivity contribution < 1.29 is 125 Å². The molecule has 139 heavy (non-hydrogen) atoms. The summed E-state index contributed by atoms with van der Waals surface area (Å²) < 4.78 is 197. The first kappa shape index (κ1) is 98.2. The van der Waals surface area contributed by atoms with E-state index in [-0.39, 0.29) is 67.4 Å². The van der Waals surface area contributed by atoms with Gasteiger partial charge < -0.3 is 58.4 Å². The summed E-state index contributed by atoms with van der Waals surface area (Å²) in [4.78, 5) is 99.9. The van der Waals surface area contributed by atoms with Crippen molar-refractivity contribution in [2.24, 2.45) is 11.8 Å². The number of benzene rings is 7. The van der Waals surface area contributed by atoms with Gasteiger partial charge in [0.15, 0.2) is 0 Å². The molecule has 2 aliphatic carbocycles. The van der Waals surface area contributed by atoms with E-state index in [4.69, 9.17) is 43.4 Å². The Labute approximate surface area is 792 Å². The van der Waals surface area contributed by atoms with Crippen molar-refractivity contribution >= 4 is 53.6 Å². The number of aliphatic carboxylic acids is 2. The number of aromatic nitrogens is 3. The number of carbonyl (C=O) groups is 6. The molecule has 3 N–H and O–H groups in total. The molecule has 0 bridgehead atoms. The SMILES string of the molecule is COc1ccc(-c2ccc(C(=O)O)cc2C)cc1-c1ccc(N2CCC2)nc1CN1C(=O)O[C@H](c2cccc(C)c2)[C@@H]1C.COc1ccc([C@@H]2CC[C@@H](C(=O)O)C2)cc1-c1ccc(N2CCC2)nc1CN1C(=O)O[C@H](c2cc(C(F)(F)F)cc(C(F)(F)F)c2)[C@@H]1C.COc1ccc([C@@H]2CC[C@@H](C(=O)O)C2)cc1-c1ccc(N2CCC2)nc1CN1C(=O)O[C@H](c2cc(C(F)(F)F)cc(C(F)(F)F)c2)[C@@H]1C. The van der Waals surface area contributed by atoms with Crippen molar-refractivity contribution in [2.45, 2.75) is 185 Å². The Morgan fingerprint density at radius 1 is 0.381 bits per heavy atom. The van der Waals surface area contributed by atoms with E-state index < -0.39 is 124 Å². The van der Waals surface area contributed by atoms with Crippen molar-refractivity contribution in [3.05, 3.63) is 254 Å². The van der Waals surface area contributed by atoms with Gasteiger partial charge in [-0.1, -0.05) is 54.1 Å². The largest absolute Gasteiger partial charge is 0.496 e. The lowest BCUT2D eigenvalue weighted by atomic mass is 9.91. The first-order chi connectivity index (χ1) is 66.0. The summed E-state index contributed by atoms with van der Waals surface area (Å²) in [5.41, 5.74) is 5.89. The molecule has 10 aromatic rings. The summed E-state index contributed by atoms with van der Waals surface area (Å²) >= 11 is 0. The number of carboxylic acids is 3. The van der Waals surface area contributed by atoms with Crippen LogP contribution in [-0.2, 0) is 68.1 Å². The van der Waals surface area contributed by atoms with Crippen molar-refractivity contribution in [3.8, 4) is 61.8 Å². The lowest BCUT2D eigenvalue weighted by Gasteiger charge is -2.33. The minimum Gasteiger partial charge on any atom is -0.496 e. The van der Waals surface area contributed by atoms with E-state index >= 15 is 0 Å². The zero-order chi connectivity index (χ0) is 99.3. The molecule has 8 aliphatic rings. The number of pyridine rings is 3. The number of carbonyl (C=O) groups excluding carboxylic acids is 3. The molecule has 3 aromatic heterocycles. The molecule has 6 aliphatic heterocycles. The van der Waals surface area contributed by atoms with Crippen LogP contribution in [0.3, 0.4) is 0 Å². The third-order valence-corrected chi connectivity index (χ3v) is 27.6. The average Bonchev–Trinajstić information content (AvgIpc) is 1.58. The Morgan fingerprint density at radius 2 is 0.727 bits per heavy atom. The second-order valence-electron chi connectivity index (χ2n) is 36.4. The maximum Gasteiger partial charge on any atom is 0.416 e. The minimum absolute atomic E-state index is 0.0101. The molecular formula is C103H101F12N9O15. The average molecular weight is 1930 g/mol. The van der Waals surface area contributed by atoms with E-state index in [1.165, 1.54) is 37.9 Å². The first-order valence-electron chi connectivity index (χ1n) is 45.7. The molecule has 10 atom stereocenters. The number of nitrogens with zero attached hydrogens (tertiary/aromatic N) is 9. The molecule has 6 saturated heterocycles. The molecule has 7 aromatic carbocycles. The molecule has 0 unspecified atom stereocenters. The number of amides is 3. The van der Waals surface area contributed by atoms with Gasteiger partial charge in [0.1, 0.15) is 53.0 Å². The summed E-state index contributed by atoms with van der Waals surface area (Å²) in [7, 11) is 4.65. The van der Waals surface area contributed by atoms with Crippen LogP contribution >= 0.6 is 0 Å². The molecule has 18 rings (SSSR count). The predicted molar refractivity (Wildman–Crippen MR) is 488 cm³/mol. The standard InChI is InChI=1S/C35H35N3O5.2C34H33F6N3O5/c1-21-7-5-8-25(17-21)33-23(3)38(35(41)43-33)20-30-28(12-14-32(36-30)37-15-6-16-37)29-19-24(10-13-31(29)42-4)27-11-9-26(34(39)40)18-22(27)2;2*1-18-30(22-13-23(33(35,36)37)16-24(14-22)34(38,39)40)48-32(46)43(18)17-27-25(7-9-29(41-27)42-10-3-11-42)26-15-20(6-8-28(26)47-2)19-4-5-21(12-19)31(44)45/h5,7-14,17-19,23,33H,6,15-16,20H2,1-4H3,(H,39,40);2*6-9,13-16,18-19,21,30H,3-5,10-12,17H2,1-2H3,(H,44,45)/t23-,33-;2*18-,19+,21+,30-/m000/s1. The normalized spacial score (nSPS) is 21.3. The fourth-order valence-corrected chi connectivity index (χ4v) is 19.4. The van der Waals surface area contributed by atoms with Gasteiger partial charge in [-0.25, -0.2) is 34.1 Å². The molecule has 732 valence electrons. The van der Waals surface area contributed by atoms with Gasteiger partial charge in [-0.15, -0.1) is 0 Å². The van der Waals surface area contributed by atoms with Gasteiger partial charge in [-0.2, -0.15) is 52.7 Å². The van der Waals surface area contributed by atoms with Gasteiger partial charge in [-0.3, -0.25) is 24.3 Å². The molecule has 24 nitrogen and oxygen atoms in total. The smallest absolute Gasteiger partial charge is 0.416 e. The summed E-state index contributed by atoms with van der Waals surface area (Å²) in [6.45, 7) is 13.9. The van der Waals surface area contributed by atoms with Crippen molar-refractivity contribution in [3.63, 3.8) is 0 Å². The lowest BCUT2D eigenvalue weighted by molar-refractivity contribution is -0.144. The fraction of sp³-hybridized carbons (Fsp3) is 0.388. The van der Waals surface area contributed by atoms with Gasteiger partial charge in [-0.05, 0) is 270 Å². The second kappa shape index (κ2) is 39.6. The third-order valence-electron chi connectivity index (χ3n) is 27.6. The maximum atomic E-state index is 13.6. The van der Waals surface area contributed by atoms with Crippen molar-refractivity contribution in [1.29, 1.82) is 0 Å². The van der Waals surface area contributed by atoms with Gasteiger partial charge in [0.25, 0.3) is 0 Å². The van der Waals surface area contributed by atoms with Gasteiger partial charge >= 0.3 is 60.9 Å². The number of hydrogen-bond donors (Lipinski definition) is 3. The Hall–Kier alpha value is -13.8. The van der Waals surface area contributed by atoms with E-state index in [1.807, 2.05) is 128 Å². The van der Waals surface area contributed by atoms with Crippen molar-refractivity contribution in [1.82, 2.24) is 29.7 Å². The highest BCUT2D eigenvalue weighted by molar-refractivity contribution is 5.90. The number of alkyl halides is 12. The van der Waals surface area contributed by atoms with Crippen LogP contribution in [0.5, 0.6) is 17.2 Å². The molecular weight excluding hydrogens is 1830 g/mol. The highest BCUT2D eigenvalue weighted by atomic mass is 19.4. The number of cyclic esters (lactones) is 3. The molecule has 3 amide bonds. The number of anilines is 3. The fourth-order valence-electron chi connectivity index (χ4n) is 19.4. The molecule has 9 heterocycles. The van der Waals surface area contributed by atoms with Crippen LogP contribution in [0.4, 0.5) is 84.5 Å². The minimum atomic E-state index is -5.06. The maximum absolute atomic E-state index is 13.6. The summed E-state index contributed by atoms with van der Waals surface area (Å²) in [6.07, 6.45) is -19.0. The number of halogens is 12. The zero-order valence-electron chi connectivity index (χ0n) is 77.0. The van der Waals surface area contributed by atoms with Crippen LogP contribution in [-0.4, -0.2) is 160 Å². The molecule has 2 saturated carbocycles. The summed E-state index contributed by atoms with van der Waals surface area (Å²) in [6, 6.07) is 42.1. The van der Waals surface area contributed by atoms with Crippen LogP contribution in [0.15, 0.2) is 170 Å².